The van der Waals surface area contributed by atoms with Crippen molar-refractivity contribution in [1.29, 1.82) is 0 Å². The number of carbonyl (C=O) groups excluding carboxylic acids is 1. The van der Waals surface area contributed by atoms with Crippen LogP contribution in [0.1, 0.15) is 32.1 Å². The maximum atomic E-state index is 13.3. The largest absolute Gasteiger partial charge is 0.494 e. The molecular weight excluding hydrogens is 534 g/mol. The van der Waals surface area contributed by atoms with E-state index in [1.165, 1.54) is 18.5 Å². The average molecular weight is 568 g/mol. The van der Waals surface area contributed by atoms with E-state index in [1.54, 1.807) is 10.6 Å². The highest BCUT2D eigenvalue weighted by Crippen LogP contribution is 2.42. The normalized spacial score (nSPS) is 17.1. The number of para-hydroxylation sites is 1. The molecule has 0 unspecified atom stereocenters. The van der Waals surface area contributed by atoms with Crippen molar-refractivity contribution in [3.05, 3.63) is 84.4 Å². The fourth-order valence-electron chi connectivity index (χ4n) is 6.91. The SMILES string of the molecule is O=C(CCn1ccc2cccc(-n3cc4cccc(Cl)c4c3O)c21)N1CCC2(CC1)CCN(c1ccncc1)CC2. The molecule has 1 N–H and O–H groups in total. The molecule has 0 radical (unpaired) electrons. The zero-order valence-electron chi connectivity index (χ0n) is 23.0. The molecule has 41 heavy (non-hydrogen) atoms. The summed E-state index contributed by atoms with van der Waals surface area (Å²) >= 11 is 6.40. The zero-order chi connectivity index (χ0) is 28.0. The van der Waals surface area contributed by atoms with Crippen molar-refractivity contribution >= 4 is 44.9 Å². The predicted octanol–water partition coefficient (Wildman–Crippen LogP) is 6.64. The van der Waals surface area contributed by atoms with Crippen LogP contribution in [0.2, 0.25) is 5.02 Å². The van der Waals surface area contributed by atoms with Gasteiger partial charge < -0.3 is 19.5 Å². The first-order valence-electron chi connectivity index (χ1n) is 14.5. The Bertz CT molecular complexity index is 1710. The van der Waals surface area contributed by atoms with Gasteiger partial charge in [0.25, 0.3) is 0 Å². The number of likely N-dealkylation sites (tertiary alicyclic amines) is 1. The van der Waals surface area contributed by atoms with Crippen LogP contribution >= 0.6 is 11.6 Å². The molecule has 0 saturated carbocycles. The maximum Gasteiger partial charge on any atom is 0.224 e. The molecule has 7 rings (SSSR count). The van der Waals surface area contributed by atoms with Crippen molar-refractivity contribution in [2.45, 2.75) is 38.6 Å². The first kappa shape index (κ1) is 26.0. The lowest BCUT2D eigenvalue weighted by atomic mass is 9.71. The lowest BCUT2D eigenvalue weighted by Crippen LogP contribution is -2.48. The average Bonchev–Trinajstić information content (AvgIpc) is 3.58. The van der Waals surface area contributed by atoms with E-state index in [2.05, 4.69) is 43.6 Å². The summed E-state index contributed by atoms with van der Waals surface area (Å²) in [6.45, 7) is 4.41. The second-order valence-electron chi connectivity index (χ2n) is 11.6. The summed E-state index contributed by atoms with van der Waals surface area (Å²) in [5, 5.41) is 14.2. The number of piperidine rings is 2. The Kier molecular flexibility index (Phi) is 6.62. The third kappa shape index (κ3) is 4.72. The number of pyridine rings is 1. The number of aryl methyl sites for hydroxylation is 1. The molecule has 2 fully saturated rings. The highest BCUT2D eigenvalue weighted by atomic mass is 35.5. The Morgan fingerprint density at radius 2 is 1.61 bits per heavy atom. The van der Waals surface area contributed by atoms with Gasteiger partial charge in [0.1, 0.15) is 0 Å². The number of hydrogen-bond donors (Lipinski definition) is 1. The van der Waals surface area contributed by atoms with Gasteiger partial charge in [-0.05, 0) is 61.4 Å². The number of hydrogen-bond acceptors (Lipinski definition) is 4. The number of amides is 1. The highest BCUT2D eigenvalue weighted by molar-refractivity contribution is 6.36. The number of carbonyl (C=O) groups is 1. The standard InChI is InChI=1S/C33H34ClN5O2/c34-27-5-1-4-25-23-39(32(41)30(25)27)28-6-2-3-24-9-17-38(31(24)28)18-10-29(40)37-21-13-33(14-22-37)11-19-36(20-12-33)26-7-15-35-16-8-26/h1-9,15-17,23,41H,10-14,18-22H2. The topological polar surface area (TPSA) is 66.5 Å². The van der Waals surface area contributed by atoms with Crippen molar-refractivity contribution in [3.8, 4) is 11.6 Å². The minimum absolute atomic E-state index is 0.121. The summed E-state index contributed by atoms with van der Waals surface area (Å²) in [6, 6.07) is 17.9. The number of rotatable bonds is 5. The van der Waals surface area contributed by atoms with Crippen LogP contribution in [0, 0.1) is 5.41 Å². The van der Waals surface area contributed by atoms with Crippen molar-refractivity contribution in [2.24, 2.45) is 5.41 Å². The summed E-state index contributed by atoms with van der Waals surface area (Å²) in [5.41, 5.74) is 3.47. The highest BCUT2D eigenvalue weighted by Gasteiger charge is 2.38. The van der Waals surface area contributed by atoms with E-state index in [0.29, 0.717) is 28.8 Å². The number of fused-ring (bicyclic) bond motifs is 2. The summed E-state index contributed by atoms with van der Waals surface area (Å²) < 4.78 is 3.93. The molecule has 0 atom stereocenters. The van der Waals surface area contributed by atoms with Crippen molar-refractivity contribution in [3.63, 3.8) is 0 Å². The van der Waals surface area contributed by atoms with E-state index in [9.17, 15) is 9.90 Å². The van der Waals surface area contributed by atoms with E-state index >= 15 is 0 Å². The molecular formula is C33H34ClN5O2. The predicted molar refractivity (Wildman–Crippen MR) is 164 cm³/mol. The van der Waals surface area contributed by atoms with E-state index in [-0.39, 0.29) is 11.8 Å². The summed E-state index contributed by atoms with van der Waals surface area (Å²) in [6.07, 6.45) is 12.7. The van der Waals surface area contributed by atoms with Gasteiger partial charge in [0.2, 0.25) is 11.8 Å². The van der Waals surface area contributed by atoms with Gasteiger partial charge in [-0.2, -0.15) is 0 Å². The van der Waals surface area contributed by atoms with Gasteiger partial charge >= 0.3 is 0 Å². The van der Waals surface area contributed by atoms with Crippen LogP contribution < -0.4 is 4.90 Å². The van der Waals surface area contributed by atoms with Crippen molar-refractivity contribution in [1.82, 2.24) is 19.0 Å². The van der Waals surface area contributed by atoms with Gasteiger partial charge in [-0.1, -0.05) is 35.9 Å². The number of benzene rings is 2. The third-order valence-electron chi connectivity index (χ3n) is 9.39. The molecule has 5 heterocycles. The van der Waals surface area contributed by atoms with Crippen LogP contribution in [-0.4, -0.2) is 56.2 Å². The first-order chi connectivity index (χ1) is 20.0. The fourth-order valence-corrected chi connectivity index (χ4v) is 7.18. The van der Waals surface area contributed by atoms with Crippen LogP contribution in [0.5, 0.6) is 5.88 Å². The second-order valence-corrected chi connectivity index (χ2v) is 12.0. The fraction of sp³-hybridized carbons (Fsp3) is 0.333. The van der Waals surface area contributed by atoms with Gasteiger partial charge in [-0.25, -0.2) is 0 Å². The molecule has 0 aliphatic carbocycles. The molecule has 2 aromatic carbocycles. The molecule has 0 bridgehead atoms. The molecule has 210 valence electrons. The molecule has 2 aliphatic heterocycles. The lowest BCUT2D eigenvalue weighted by molar-refractivity contribution is -0.134. The van der Waals surface area contributed by atoms with E-state index < -0.39 is 0 Å². The quantitative estimate of drug-likeness (QED) is 0.258. The molecule has 3 aromatic heterocycles. The first-order valence-corrected chi connectivity index (χ1v) is 14.9. The second kappa shape index (κ2) is 10.5. The van der Waals surface area contributed by atoms with Gasteiger partial charge in [0.05, 0.1) is 21.6 Å². The summed E-state index contributed by atoms with van der Waals surface area (Å²) in [5.74, 6) is 0.338. The molecule has 8 heteroatoms. The Morgan fingerprint density at radius 3 is 2.37 bits per heavy atom. The Labute approximate surface area is 244 Å². The van der Waals surface area contributed by atoms with E-state index in [1.807, 2.05) is 49.1 Å². The molecule has 7 nitrogen and oxygen atoms in total. The van der Waals surface area contributed by atoms with Gasteiger partial charge in [0, 0.05) is 80.4 Å². The van der Waals surface area contributed by atoms with Crippen LogP contribution in [0.3, 0.4) is 0 Å². The van der Waals surface area contributed by atoms with Gasteiger partial charge in [0.15, 0.2) is 0 Å². The summed E-state index contributed by atoms with van der Waals surface area (Å²) in [4.78, 5) is 22.0. The van der Waals surface area contributed by atoms with Gasteiger partial charge in [-0.3, -0.25) is 14.3 Å². The molecule has 1 spiro atoms. The van der Waals surface area contributed by atoms with E-state index in [4.69, 9.17) is 11.6 Å². The summed E-state index contributed by atoms with van der Waals surface area (Å²) in [7, 11) is 0. The van der Waals surface area contributed by atoms with Crippen LogP contribution in [-0.2, 0) is 11.3 Å². The third-order valence-corrected chi connectivity index (χ3v) is 9.70. The lowest BCUT2D eigenvalue weighted by Gasteiger charge is -2.47. The maximum absolute atomic E-state index is 13.3. The number of anilines is 1. The van der Waals surface area contributed by atoms with Crippen molar-refractivity contribution in [2.75, 3.05) is 31.1 Å². The number of halogens is 1. The Hall–Kier alpha value is -3.97. The number of nitrogens with zero attached hydrogens (tertiary/aromatic N) is 5. The minimum atomic E-state index is 0.121. The molecule has 1 amide bonds. The minimum Gasteiger partial charge on any atom is -0.494 e. The Balaban J connectivity index is 1.02. The zero-order valence-corrected chi connectivity index (χ0v) is 23.8. The van der Waals surface area contributed by atoms with Crippen LogP contribution in [0.15, 0.2) is 79.4 Å². The smallest absolute Gasteiger partial charge is 0.224 e. The Morgan fingerprint density at radius 1 is 0.902 bits per heavy atom. The molecule has 2 aliphatic rings. The number of aromatic nitrogens is 3. The monoisotopic (exact) mass is 567 g/mol. The van der Waals surface area contributed by atoms with Crippen LogP contribution in [0.4, 0.5) is 5.69 Å². The number of aromatic hydroxyl groups is 1. The van der Waals surface area contributed by atoms with Crippen molar-refractivity contribution < 1.29 is 9.90 Å². The van der Waals surface area contributed by atoms with Gasteiger partial charge in [-0.15, -0.1) is 0 Å². The van der Waals surface area contributed by atoms with E-state index in [0.717, 1.165) is 61.0 Å². The molecule has 2 saturated heterocycles. The molecule has 5 aromatic rings. The van der Waals surface area contributed by atoms with Crippen LogP contribution in [0.25, 0.3) is 27.4 Å².